The van der Waals surface area contributed by atoms with E-state index in [4.69, 9.17) is 20.5 Å². The van der Waals surface area contributed by atoms with Gasteiger partial charge in [-0.05, 0) is 16.4 Å². The molecule has 3 rings (SSSR count). The van der Waals surface area contributed by atoms with Gasteiger partial charge >= 0.3 is 5.76 Å². The third-order valence-corrected chi connectivity index (χ3v) is 4.08. The van der Waals surface area contributed by atoms with Crippen molar-refractivity contribution >= 4 is 27.5 Å². The van der Waals surface area contributed by atoms with Crippen molar-refractivity contribution in [2.45, 2.75) is 13.0 Å². The van der Waals surface area contributed by atoms with Crippen LogP contribution >= 0.6 is 11.6 Å². The Morgan fingerprint density at radius 1 is 1.33 bits per heavy atom. The van der Waals surface area contributed by atoms with Crippen LogP contribution in [0.5, 0.6) is 0 Å². The second-order valence-electron chi connectivity index (χ2n) is 5.32. The summed E-state index contributed by atoms with van der Waals surface area (Å²) in [7, 11) is -3.55. The largest absolute Gasteiger partial charge is 0.468 e. The average Bonchev–Trinajstić information content (AvgIpc) is 3.29. The fourth-order valence-electron chi connectivity index (χ4n) is 2.16. The standard InChI is InChI=1S/C13H14ClN5O7S/c1-27(21,22)24-5-3-15-11-10(16-26-17-11)12-18-25-13(20)19(12)4-2-9-6-8(14)7-23-9/h6-7H,2-5H2,1H3,(H,15,17). The van der Waals surface area contributed by atoms with Crippen molar-refractivity contribution in [1.29, 1.82) is 0 Å². The van der Waals surface area contributed by atoms with Gasteiger partial charge in [0.25, 0.3) is 10.1 Å². The normalized spacial score (nSPS) is 11.8. The van der Waals surface area contributed by atoms with Gasteiger partial charge in [-0.3, -0.25) is 13.3 Å². The molecule has 0 bridgehead atoms. The van der Waals surface area contributed by atoms with E-state index < -0.39 is 15.9 Å². The summed E-state index contributed by atoms with van der Waals surface area (Å²) in [5, 5.41) is 14.3. The molecule has 1 N–H and O–H groups in total. The molecule has 0 saturated carbocycles. The van der Waals surface area contributed by atoms with Gasteiger partial charge in [-0.2, -0.15) is 8.42 Å². The third kappa shape index (κ3) is 4.96. The van der Waals surface area contributed by atoms with Crippen molar-refractivity contribution in [2.24, 2.45) is 0 Å². The lowest BCUT2D eigenvalue weighted by molar-refractivity contribution is 0.308. The predicted molar refractivity (Wildman–Crippen MR) is 90.8 cm³/mol. The van der Waals surface area contributed by atoms with Gasteiger partial charge < -0.3 is 9.73 Å². The zero-order valence-electron chi connectivity index (χ0n) is 13.9. The quantitative estimate of drug-likeness (QED) is 0.385. The molecule has 0 unspecified atom stereocenters. The summed E-state index contributed by atoms with van der Waals surface area (Å²) in [5.41, 5.74) is 0.123. The third-order valence-electron chi connectivity index (χ3n) is 3.28. The number of halogens is 1. The van der Waals surface area contributed by atoms with Crippen LogP contribution in [-0.2, 0) is 27.3 Å². The number of aromatic nitrogens is 4. The van der Waals surface area contributed by atoms with Crippen LogP contribution in [0.3, 0.4) is 0 Å². The fourth-order valence-corrected chi connectivity index (χ4v) is 2.71. The zero-order chi connectivity index (χ0) is 19.4. The number of furan rings is 1. The molecule has 27 heavy (non-hydrogen) atoms. The maximum Gasteiger partial charge on any atom is 0.441 e. The molecule has 0 aliphatic rings. The van der Waals surface area contributed by atoms with E-state index in [1.165, 1.54) is 10.8 Å². The molecule has 0 atom stereocenters. The smallest absolute Gasteiger partial charge is 0.441 e. The van der Waals surface area contributed by atoms with E-state index >= 15 is 0 Å². The number of rotatable bonds is 9. The summed E-state index contributed by atoms with van der Waals surface area (Å²) >= 11 is 5.79. The molecule has 3 aromatic heterocycles. The van der Waals surface area contributed by atoms with Gasteiger partial charge in [0.15, 0.2) is 5.69 Å². The van der Waals surface area contributed by atoms with Gasteiger partial charge in [0.05, 0.1) is 17.9 Å². The van der Waals surface area contributed by atoms with Crippen LogP contribution in [0.25, 0.3) is 11.5 Å². The first-order valence-corrected chi connectivity index (χ1v) is 9.73. The molecule has 0 aromatic carbocycles. The monoisotopic (exact) mass is 419 g/mol. The first-order valence-electron chi connectivity index (χ1n) is 7.54. The molecule has 14 heteroatoms. The van der Waals surface area contributed by atoms with Crippen LogP contribution in [-0.4, -0.2) is 47.9 Å². The summed E-state index contributed by atoms with van der Waals surface area (Å²) in [5.74, 6) is 0.117. The van der Waals surface area contributed by atoms with Crippen LogP contribution in [0.15, 0.2) is 30.7 Å². The molecule has 0 amide bonds. The Hall–Kier alpha value is -2.64. The molecule has 0 saturated heterocycles. The minimum absolute atomic E-state index is 0.0884. The summed E-state index contributed by atoms with van der Waals surface area (Å²) in [4.78, 5) is 11.9. The summed E-state index contributed by atoms with van der Waals surface area (Å²) in [6.07, 6.45) is 2.68. The number of aryl methyl sites for hydroxylation is 1. The number of hydrogen-bond donors (Lipinski definition) is 1. The molecule has 0 aliphatic carbocycles. The maximum absolute atomic E-state index is 11.9. The Morgan fingerprint density at radius 2 is 2.15 bits per heavy atom. The highest BCUT2D eigenvalue weighted by molar-refractivity contribution is 7.85. The first-order chi connectivity index (χ1) is 12.8. The topological polar surface area (TPSA) is 155 Å². The average molecular weight is 420 g/mol. The van der Waals surface area contributed by atoms with E-state index in [2.05, 4.69) is 29.6 Å². The molecule has 146 valence electrons. The lowest BCUT2D eigenvalue weighted by Crippen LogP contribution is -2.18. The van der Waals surface area contributed by atoms with Crippen LogP contribution in [0.4, 0.5) is 5.82 Å². The minimum atomic E-state index is -3.55. The molecule has 0 aliphatic heterocycles. The van der Waals surface area contributed by atoms with E-state index in [9.17, 15) is 13.2 Å². The van der Waals surface area contributed by atoms with Gasteiger partial charge in [0.2, 0.25) is 11.6 Å². The SMILES string of the molecule is CS(=O)(=O)OCCNc1nonc1-c1noc(=O)n1CCc1cc(Cl)co1. The van der Waals surface area contributed by atoms with Crippen LogP contribution in [0, 0.1) is 0 Å². The minimum Gasteiger partial charge on any atom is -0.468 e. The van der Waals surface area contributed by atoms with Crippen LogP contribution in [0.1, 0.15) is 5.76 Å². The van der Waals surface area contributed by atoms with E-state index in [-0.39, 0.29) is 37.0 Å². The highest BCUT2D eigenvalue weighted by Crippen LogP contribution is 2.22. The Balaban J connectivity index is 1.72. The van der Waals surface area contributed by atoms with Crippen molar-refractivity contribution in [3.05, 3.63) is 33.7 Å². The molecule has 0 spiro atoms. The van der Waals surface area contributed by atoms with Crippen molar-refractivity contribution in [1.82, 2.24) is 20.0 Å². The summed E-state index contributed by atoms with van der Waals surface area (Å²) in [6, 6.07) is 1.63. The first kappa shape index (κ1) is 19.1. The van der Waals surface area contributed by atoms with E-state index in [0.717, 1.165) is 6.26 Å². The molecule has 0 fully saturated rings. The maximum atomic E-state index is 11.9. The van der Waals surface area contributed by atoms with Crippen molar-refractivity contribution in [3.8, 4) is 11.5 Å². The second-order valence-corrected chi connectivity index (χ2v) is 7.40. The molecule has 12 nitrogen and oxygen atoms in total. The highest BCUT2D eigenvalue weighted by Gasteiger charge is 2.21. The highest BCUT2D eigenvalue weighted by atomic mass is 35.5. The van der Waals surface area contributed by atoms with Crippen molar-refractivity contribution in [2.75, 3.05) is 24.7 Å². The van der Waals surface area contributed by atoms with Gasteiger partial charge in [-0.25, -0.2) is 9.42 Å². The van der Waals surface area contributed by atoms with Crippen molar-refractivity contribution < 1.29 is 26.2 Å². The Kier molecular flexibility index (Phi) is 5.62. The predicted octanol–water partition coefficient (Wildman–Crippen LogP) is 0.763. The number of anilines is 1. The van der Waals surface area contributed by atoms with Gasteiger partial charge in [-0.15, -0.1) is 0 Å². The lowest BCUT2D eigenvalue weighted by atomic mass is 10.3. The Morgan fingerprint density at radius 3 is 2.85 bits per heavy atom. The van der Waals surface area contributed by atoms with E-state index in [1.54, 1.807) is 6.07 Å². The second kappa shape index (κ2) is 7.94. The fraction of sp³-hybridized carbons (Fsp3) is 0.385. The number of nitrogens with zero attached hydrogens (tertiary/aromatic N) is 4. The molecule has 3 heterocycles. The van der Waals surface area contributed by atoms with E-state index in [1.807, 2.05) is 0 Å². The summed E-state index contributed by atoms with van der Waals surface area (Å²) < 4.78 is 42.3. The summed E-state index contributed by atoms with van der Waals surface area (Å²) in [6.45, 7) is 0.155. The Bertz CT molecular complexity index is 1070. The Labute approximate surface area is 157 Å². The molecular formula is C13H14ClN5O7S. The zero-order valence-corrected chi connectivity index (χ0v) is 15.5. The molecular weight excluding hydrogens is 406 g/mol. The molecule has 3 aromatic rings. The number of nitrogens with one attached hydrogen (secondary N) is 1. The van der Waals surface area contributed by atoms with Crippen molar-refractivity contribution in [3.63, 3.8) is 0 Å². The van der Waals surface area contributed by atoms with Crippen LogP contribution < -0.4 is 11.1 Å². The molecule has 0 radical (unpaired) electrons. The van der Waals surface area contributed by atoms with Gasteiger partial charge in [-0.1, -0.05) is 16.8 Å². The van der Waals surface area contributed by atoms with E-state index in [0.29, 0.717) is 17.2 Å². The van der Waals surface area contributed by atoms with Gasteiger partial charge in [0, 0.05) is 19.5 Å². The van der Waals surface area contributed by atoms with Gasteiger partial charge in [0.1, 0.15) is 12.0 Å². The lowest BCUT2D eigenvalue weighted by Gasteiger charge is -2.04. The van der Waals surface area contributed by atoms with Crippen LogP contribution in [0.2, 0.25) is 5.02 Å². The number of hydrogen-bond acceptors (Lipinski definition) is 11.